The fourth-order valence-corrected chi connectivity index (χ4v) is 3.60. The molecule has 1 aromatic rings. The Hall–Kier alpha value is -1.05. The molecule has 0 spiro atoms. The summed E-state index contributed by atoms with van der Waals surface area (Å²) in [4.78, 5) is 8.04. The molecule has 1 heterocycles. The van der Waals surface area contributed by atoms with E-state index in [0.29, 0.717) is 18.8 Å². The summed E-state index contributed by atoms with van der Waals surface area (Å²) in [6.07, 6.45) is 5.43. The molecule has 1 aromatic heterocycles. The van der Waals surface area contributed by atoms with Crippen LogP contribution in [0.1, 0.15) is 38.1 Å². The lowest BCUT2D eigenvalue weighted by atomic mass is 10.2. The number of sulfonamides is 1. The van der Waals surface area contributed by atoms with Crippen LogP contribution in [0, 0.1) is 0 Å². The number of rotatable bonds is 8. The third-order valence-corrected chi connectivity index (χ3v) is 5.75. The van der Waals surface area contributed by atoms with Crippen molar-refractivity contribution in [1.82, 2.24) is 19.6 Å². The number of aromatic nitrogens is 2. The molecule has 0 radical (unpaired) electrons. The van der Waals surface area contributed by atoms with Gasteiger partial charge in [-0.2, -0.15) is 0 Å². The Morgan fingerprint density at radius 3 is 2.50 bits per heavy atom. The number of hydrogen-bond donors (Lipinski definition) is 1. The lowest BCUT2D eigenvalue weighted by Gasteiger charge is -2.27. The van der Waals surface area contributed by atoms with Crippen molar-refractivity contribution in [1.29, 1.82) is 0 Å². The van der Waals surface area contributed by atoms with Crippen molar-refractivity contribution in [2.45, 2.75) is 38.5 Å². The average Bonchev–Trinajstić information content (AvgIpc) is 2.48. The monoisotopic (exact) mass is 300 g/mol. The van der Waals surface area contributed by atoms with Crippen molar-refractivity contribution in [3.63, 3.8) is 0 Å². The van der Waals surface area contributed by atoms with E-state index in [1.807, 2.05) is 20.9 Å². The fourth-order valence-electron chi connectivity index (χ4n) is 1.98. The molecule has 0 fully saturated rings. The van der Waals surface area contributed by atoms with E-state index in [4.69, 9.17) is 0 Å². The summed E-state index contributed by atoms with van der Waals surface area (Å²) in [7, 11) is -1.58. The van der Waals surface area contributed by atoms with Crippen molar-refractivity contribution in [2.24, 2.45) is 0 Å². The molecule has 0 bridgehead atoms. The molecule has 1 rings (SSSR count). The predicted octanol–water partition coefficient (Wildman–Crippen LogP) is 1.19. The van der Waals surface area contributed by atoms with Gasteiger partial charge in [0.2, 0.25) is 10.0 Å². The number of likely N-dealkylation sites (N-methyl/N-ethyl adjacent to an activating group) is 2. The molecule has 0 unspecified atom stereocenters. The van der Waals surface area contributed by atoms with Crippen LogP contribution in [0.3, 0.4) is 0 Å². The van der Waals surface area contributed by atoms with E-state index in [1.165, 1.54) is 22.9 Å². The summed E-state index contributed by atoms with van der Waals surface area (Å²) in [6, 6.07) is 0.152. The maximum atomic E-state index is 12.7. The van der Waals surface area contributed by atoms with Gasteiger partial charge < -0.3 is 5.32 Å². The molecule has 2 atom stereocenters. The maximum absolute atomic E-state index is 12.7. The van der Waals surface area contributed by atoms with E-state index in [0.717, 1.165) is 6.42 Å². The molecule has 1 N–H and O–H groups in total. The first-order chi connectivity index (χ1) is 9.47. The van der Waals surface area contributed by atoms with Gasteiger partial charge in [0, 0.05) is 37.7 Å². The van der Waals surface area contributed by atoms with Crippen molar-refractivity contribution < 1.29 is 8.42 Å². The highest BCUT2D eigenvalue weighted by molar-refractivity contribution is 7.89. The lowest BCUT2D eigenvalue weighted by Crippen LogP contribution is -2.43. The molecule has 6 nitrogen and oxygen atoms in total. The fraction of sp³-hybridized carbons (Fsp3) is 0.692. The highest BCUT2D eigenvalue weighted by atomic mass is 32.2. The summed E-state index contributed by atoms with van der Waals surface area (Å²) >= 11 is 0. The minimum Gasteiger partial charge on any atom is -0.316 e. The summed E-state index contributed by atoms with van der Waals surface area (Å²) in [6.45, 7) is 6.46. The van der Waals surface area contributed by atoms with Gasteiger partial charge in [-0.15, -0.1) is 0 Å². The van der Waals surface area contributed by atoms with E-state index < -0.39 is 15.3 Å². The molecule has 0 aliphatic heterocycles. The van der Waals surface area contributed by atoms with Gasteiger partial charge in [-0.3, -0.25) is 9.97 Å². The van der Waals surface area contributed by atoms with E-state index in [2.05, 4.69) is 15.3 Å². The molecule has 0 saturated heterocycles. The van der Waals surface area contributed by atoms with Crippen LogP contribution in [-0.2, 0) is 10.0 Å². The number of nitrogens with one attached hydrogen (secondary N) is 1. The van der Waals surface area contributed by atoms with E-state index >= 15 is 0 Å². The van der Waals surface area contributed by atoms with Gasteiger partial charge in [0.15, 0.2) is 0 Å². The number of hydrogen-bond acceptors (Lipinski definition) is 5. The van der Waals surface area contributed by atoms with Gasteiger partial charge in [-0.1, -0.05) is 13.8 Å². The summed E-state index contributed by atoms with van der Waals surface area (Å²) in [5.74, 6) is 0. The summed E-state index contributed by atoms with van der Waals surface area (Å²) in [5.41, 5.74) is 0.475. The van der Waals surface area contributed by atoms with E-state index in [9.17, 15) is 8.42 Å². The molecular weight excluding hydrogens is 276 g/mol. The Bertz CT molecular complexity index is 488. The standard InChI is InChI=1S/C13H24N4O2S/c1-5-12(14-4)10-17(6-2)20(18,19)11(3)13-9-15-7-8-16-13/h7-9,11-12,14H,5-6,10H2,1-4H3/t11-,12-/m0/s1. The average molecular weight is 300 g/mol. The maximum Gasteiger partial charge on any atom is 0.222 e. The highest BCUT2D eigenvalue weighted by Gasteiger charge is 2.31. The first-order valence-corrected chi connectivity index (χ1v) is 8.39. The van der Waals surface area contributed by atoms with Gasteiger partial charge in [-0.05, 0) is 20.4 Å². The molecular formula is C13H24N4O2S. The van der Waals surface area contributed by atoms with Crippen molar-refractivity contribution in [3.8, 4) is 0 Å². The second-order valence-corrected chi connectivity index (χ2v) is 6.92. The predicted molar refractivity (Wildman–Crippen MR) is 79.8 cm³/mol. The van der Waals surface area contributed by atoms with Crippen LogP contribution < -0.4 is 5.32 Å². The molecule has 20 heavy (non-hydrogen) atoms. The van der Waals surface area contributed by atoms with Crippen molar-refractivity contribution in [3.05, 3.63) is 24.3 Å². The Morgan fingerprint density at radius 2 is 2.05 bits per heavy atom. The Labute approximate surface area is 121 Å². The van der Waals surface area contributed by atoms with Crippen LogP contribution >= 0.6 is 0 Å². The minimum atomic E-state index is -3.43. The van der Waals surface area contributed by atoms with Gasteiger partial charge >= 0.3 is 0 Å². The smallest absolute Gasteiger partial charge is 0.222 e. The molecule has 0 aliphatic carbocycles. The third-order valence-electron chi connectivity index (χ3n) is 3.48. The summed E-state index contributed by atoms with van der Waals surface area (Å²) < 4.78 is 26.8. The van der Waals surface area contributed by atoms with Crippen LogP contribution in [0.5, 0.6) is 0 Å². The van der Waals surface area contributed by atoms with Crippen molar-refractivity contribution >= 4 is 10.0 Å². The molecule has 0 aliphatic rings. The molecule has 0 saturated carbocycles. The lowest BCUT2D eigenvalue weighted by molar-refractivity contribution is 0.364. The second-order valence-electron chi connectivity index (χ2n) is 4.66. The minimum absolute atomic E-state index is 0.152. The molecule has 114 valence electrons. The molecule has 0 aromatic carbocycles. The topological polar surface area (TPSA) is 75.2 Å². The largest absolute Gasteiger partial charge is 0.316 e. The van der Waals surface area contributed by atoms with Crippen LogP contribution in [0.25, 0.3) is 0 Å². The summed E-state index contributed by atoms with van der Waals surface area (Å²) in [5, 5.41) is 2.44. The van der Waals surface area contributed by atoms with Crippen LogP contribution in [0.15, 0.2) is 18.6 Å². The second kappa shape index (κ2) is 7.66. The first kappa shape index (κ1) is 17.0. The number of nitrogens with zero attached hydrogens (tertiary/aromatic N) is 3. The zero-order valence-electron chi connectivity index (χ0n) is 12.6. The zero-order valence-corrected chi connectivity index (χ0v) is 13.4. The Kier molecular flexibility index (Phi) is 6.51. The van der Waals surface area contributed by atoms with E-state index in [1.54, 1.807) is 6.92 Å². The van der Waals surface area contributed by atoms with Crippen LogP contribution in [0.2, 0.25) is 0 Å². The highest BCUT2D eigenvalue weighted by Crippen LogP contribution is 2.23. The van der Waals surface area contributed by atoms with Gasteiger partial charge in [0.05, 0.1) is 5.69 Å². The van der Waals surface area contributed by atoms with Gasteiger partial charge in [0.1, 0.15) is 5.25 Å². The normalized spacial score (nSPS) is 15.2. The molecule has 0 amide bonds. The van der Waals surface area contributed by atoms with Gasteiger partial charge in [-0.25, -0.2) is 12.7 Å². The van der Waals surface area contributed by atoms with E-state index in [-0.39, 0.29) is 6.04 Å². The zero-order chi connectivity index (χ0) is 15.2. The first-order valence-electron chi connectivity index (χ1n) is 6.89. The van der Waals surface area contributed by atoms with Gasteiger partial charge in [0.25, 0.3) is 0 Å². The quantitative estimate of drug-likeness (QED) is 0.780. The van der Waals surface area contributed by atoms with Crippen LogP contribution in [0.4, 0.5) is 0 Å². The SMILES string of the molecule is CC[C@@H](CN(CC)S(=O)(=O)[C@@H](C)c1cnccn1)NC. The Balaban J connectivity index is 2.94. The Morgan fingerprint density at radius 1 is 1.35 bits per heavy atom. The van der Waals surface area contributed by atoms with Crippen LogP contribution in [-0.4, -0.2) is 48.9 Å². The molecule has 7 heteroatoms. The van der Waals surface area contributed by atoms with Crippen molar-refractivity contribution in [2.75, 3.05) is 20.1 Å². The third kappa shape index (κ3) is 3.97.